The molecule has 140 valence electrons. The van der Waals surface area contributed by atoms with Crippen molar-refractivity contribution in [2.24, 2.45) is 0 Å². The van der Waals surface area contributed by atoms with Crippen molar-refractivity contribution in [1.29, 1.82) is 0 Å². The fraction of sp³-hybridized carbons (Fsp3) is 0.438. The number of anilines is 1. The van der Waals surface area contributed by atoms with Crippen LogP contribution in [-0.2, 0) is 4.74 Å². The highest BCUT2D eigenvalue weighted by Gasteiger charge is 2.42. The number of rotatable bonds is 5. The second kappa shape index (κ2) is 7.73. The molecule has 7 nitrogen and oxygen atoms in total. The number of nitrogens with one attached hydrogen (secondary N) is 2. The molecule has 26 heavy (non-hydrogen) atoms. The first-order chi connectivity index (χ1) is 12.4. The Morgan fingerprint density at radius 3 is 2.77 bits per heavy atom. The zero-order valence-electron chi connectivity index (χ0n) is 13.7. The van der Waals surface area contributed by atoms with Gasteiger partial charge in [0.2, 0.25) is 0 Å². The molecule has 1 aliphatic rings. The van der Waals surface area contributed by atoms with E-state index in [1.165, 1.54) is 11.0 Å². The molecule has 3 rings (SSSR count). The molecule has 1 aliphatic heterocycles. The third-order valence-electron chi connectivity index (χ3n) is 3.94. The van der Waals surface area contributed by atoms with Gasteiger partial charge in [-0.1, -0.05) is 18.2 Å². The molecule has 1 fully saturated rings. The number of hydrogen-bond acceptors (Lipinski definition) is 4. The van der Waals surface area contributed by atoms with E-state index in [1.807, 2.05) is 11.4 Å². The molecule has 0 saturated carbocycles. The quantitative estimate of drug-likeness (QED) is 0.849. The number of halogens is 3. The summed E-state index contributed by atoms with van der Waals surface area (Å²) in [6.07, 6.45) is -2.83. The molecule has 10 heteroatoms. The van der Waals surface area contributed by atoms with Crippen LogP contribution >= 0.6 is 0 Å². The number of nitrogens with zero attached hydrogens (tertiary/aromatic N) is 3. The third-order valence-corrected chi connectivity index (χ3v) is 3.94. The van der Waals surface area contributed by atoms with Crippen LogP contribution in [0.15, 0.2) is 36.5 Å². The Kier molecular flexibility index (Phi) is 5.40. The number of aromatic nitrogens is 3. The first-order valence-corrected chi connectivity index (χ1v) is 8.15. The first-order valence-electron chi connectivity index (χ1n) is 8.15. The van der Waals surface area contributed by atoms with Gasteiger partial charge < -0.3 is 10.1 Å². The third kappa shape index (κ3) is 4.72. The van der Waals surface area contributed by atoms with E-state index in [4.69, 9.17) is 4.74 Å². The Bertz CT molecular complexity index is 729. The minimum absolute atomic E-state index is 0.0457. The van der Waals surface area contributed by atoms with Crippen molar-refractivity contribution in [2.45, 2.75) is 37.6 Å². The number of amides is 2. The standard InChI is InChI=1S/C16H18F3N5O2/c17-16(18,19)13(9-12-7-4-8-26-12)21-15(25)22-14-10-20-24(23-14)11-5-2-1-3-6-11/h1-3,5-6,10,12-13H,4,7-9H2,(H2,21,22,23,25). The zero-order chi connectivity index (χ0) is 18.6. The molecule has 2 N–H and O–H groups in total. The van der Waals surface area contributed by atoms with Gasteiger partial charge in [0.25, 0.3) is 0 Å². The summed E-state index contributed by atoms with van der Waals surface area (Å²) in [5, 5.41) is 12.2. The van der Waals surface area contributed by atoms with Crippen molar-refractivity contribution in [1.82, 2.24) is 20.3 Å². The summed E-state index contributed by atoms with van der Waals surface area (Å²) in [7, 11) is 0. The van der Waals surface area contributed by atoms with E-state index in [9.17, 15) is 18.0 Å². The number of ether oxygens (including phenoxy) is 1. The minimum atomic E-state index is -4.56. The Balaban J connectivity index is 1.60. The van der Waals surface area contributed by atoms with Crippen LogP contribution in [0.2, 0.25) is 0 Å². The van der Waals surface area contributed by atoms with Crippen molar-refractivity contribution in [2.75, 3.05) is 11.9 Å². The average molecular weight is 369 g/mol. The topological polar surface area (TPSA) is 81.1 Å². The van der Waals surface area contributed by atoms with Gasteiger partial charge in [-0.25, -0.2) is 4.79 Å². The summed E-state index contributed by atoms with van der Waals surface area (Å²) in [6, 6.07) is 5.93. The average Bonchev–Trinajstić information content (AvgIpc) is 3.26. The summed E-state index contributed by atoms with van der Waals surface area (Å²) in [6.45, 7) is 0.448. The highest BCUT2D eigenvalue weighted by molar-refractivity contribution is 5.88. The lowest BCUT2D eigenvalue weighted by molar-refractivity contribution is -0.159. The maximum Gasteiger partial charge on any atom is 0.408 e. The lowest BCUT2D eigenvalue weighted by atomic mass is 10.1. The summed E-state index contributed by atoms with van der Waals surface area (Å²) < 4.78 is 44.7. The lowest BCUT2D eigenvalue weighted by Gasteiger charge is -2.23. The maximum atomic E-state index is 13.2. The van der Waals surface area contributed by atoms with Crippen molar-refractivity contribution in [3.8, 4) is 5.69 Å². The van der Waals surface area contributed by atoms with E-state index in [1.54, 1.807) is 24.3 Å². The van der Waals surface area contributed by atoms with Gasteiger partial charge in [-0.3, -0.25) is 5.32 Å². The molecule has 2 unspecified atom stereocenters. The summed E-state index contributed by atoms with van der Waals surface area (Å²) >= 11 is 0. The van der Waals surface area contributed by atoms with Gasteiger partial charge in [0.05, 0.1) is 18.0 Å². The summed E-state index contributed by atoms with van der Waals surface area (Å²) in [5.74, 6) is 0.0457. The highest BCUT2D eigenvalue weighted by Crippen LogP contribution is 2.27. The SMILES string of the molecule is O=C(Nc1cnn(-c2ccccc2)n1)NC(CC1CCCO1)C(F)(F)F. The Hall–Kier alpha value is -2.62. The predicted molar refractivity (Wildman–Crippen MR) is 86.9 cm³/mol. The van der Waals surface area contributed by atoms with Crippen LogP contribution in [0, 0.1) is 0 Å². The number of urea groups is 1. The second-order valence-corrected chi connectivity index (χ2v) is 5.92. The monoisotopic (exact) mass is 369 g/mol. The zero-order valence-corrected chi connectivity index (χ0v) is 13.7. The molecule has 2 aromatic rings. The van der Waals surface area contributed by atoms with Crippen molar-refractivity contribution in [3.63, 3.8) is 0 Å². The number of carbonyl (C=O) groups excluding carboxylic acids is 1. The van der Waals surface area contributed by atoms with E-state index in [0.717, 1.165) is 6.42 Å². The number of carbonyl (C=O) groups is 1. The van der Waals surface area contributed by atoms with Crippen molar-refractivity contribution < 1.29 is 22.7 Å². The van der Waals surface area contributed by atoms with Gasteiger partial charge >= 0.3 is 12.2 Å². The van der Waals surface area contributed by atoms with Crippen LogP contribution in [0.1, 0.15) is 19.3 Å². The normalized spacial score (nSPS) is 18.5. The summed E-state index contributed by atoms with van der Waals surface area (Å²) in [4.78, 5) is 13.2. The van der Waals surface area contributed by atoms with Crippen molar-refractivity contribution in [3.05, 3.63) is 36.5 Å². The lowest BCUT2D eigenvalue weighted by Crippen LogP contribution is -2.48. The molecular weight excluding hydrogens is 351 g/mol. The number of hydrogen-bond donors (Lipinski definition) is 2. The van der Waals surface area contributed by atoms with E-state index >= 15 is 0 Å². The smallest absolute Gasteiger partial charge is 0.378 e. The molecule has 2 heterocycles. The predicted octanol–water partition coefficient (Wildman–Crippen LogP) is 2.89. The largest absolute Gasteiger partial charge is 0.408 e. The Morgan fingerprint density at radius 1 is 1.35 bits per heavy atom. The van der Waals surface area contributed by atoms with Crippen LogP contribution in [0.4, 0.5) is 23.8 Å². The molecule has 0 spiro atoms. The fourth-order valence-electron chi connectivity index (χ4n) is 2.68. The van der Waals surface area contributed by atoms with Crippen LogP contribution < -0.4 is 10.6 Å². The van der Waals surface area contributed by atoms with Crippen LogP contribution in [-0.4, -0.2) is 46.0 Å². The van der Waals surface area contributed by atoms with Crippen LogP contribution in [0.5, 0.6) is 0 Å². The van der Waals surface area contributed by atoms with Gasteiger partial charge in [0.15, 0.2) is 5.82 Å². The number of para-hydroxylation sites is 1. The first kappa shape index (κ1) is 18.2. The number of alkyl halides is 3. The second-order valence-electron chi connectivity index (χ2n) is 5.92. The molecule has 0 aliphatic carbocycles. The molecule has 0 radical (unpaired) electrons. The molecule has 2 amide bonds. The van der Waals surface area contributed by atoms with Crippen LogP contribution in [0.3, 0.4) is 0 Å². The van der Waals surface area contributed by atoms with E-state index in [-0.39, 0.29) is 12.2 Å². The van der Waals surface area contributed by atoms with Crippen molar-refractivity contribution >= 4 is 11.8 Å². The summed E-state index contributed by atoms with van der Waals surface area (Å²) in [5.41, 5.74) is 0.660. The molecule has 2 atom stereocenters. The van der Waals surface area contributed by atoms with E-state index < -0.39 is 24.4 Å². The molecule has 1 aromatic carbocycles. The Morgan fingerprint density at radius 2 is 2.12 bits per heavy atom. The fourth-order valence-corrected chi connectivity index (χ4v) is 2.68. The number of benzene rings is 1. The Labute approximate surface area is 147 Å². The van der Waals surface area contributed by atoms with Gasteiger partial charge in [-0.05, 0) is 25.0 Å². The van der Waals surface area contributed by atoms with Gasteiger partial charge in [-0.2, -0.15) is 18.3 Å². The van der Waals surface area contributed by atoms with Gasteiger partial charge in [0, 0.05) is 13.0 Å². The van der Waals surface area contributed by atoms with E-state index in [0.29, 0.717) is 18.7 Å². The van der Waals surface area contributed by atoms with Gasteiger partial charge in [0.1, 0.15) is 6.04 Å². The molecule has 1 aromatic heterocycles. The molecular formula is C16H18F3N5O2. The maximum absolute atomic E-state index is 13.2. The molecule has 0 bridgehead atoms. The van der Waals surface area contributed by atoms with E-state index in [2.05, 4.69) is 15.5 Å². The minimum Gasteiger partial charge on any atom is -0.378 e. The highest BCUT2D eigenvalue weighted by atomic mass is 19.4. The van der Waals surface area contributed by atoms with Crippen LogP contribution in [0.25, 0.3) is 5.69 Å². The van der Waals surface area contributed by atoms with Gasteiger partial charge in [-0.15, -0.1) is 9.90 Å². The molecule has 1 saturated heterocycles.